The van der Waals surface area contributed by atoms with Gasteiger partial charge in [0.1, 0.15) is 11.4 Å². The van der Waals surface area contributed by atoms with Gasteiger partial charge in [0.25, 0.3) is 0 Å². The first kappa shape index (κ1) is 14.4. The van der Waals surface area contributed by atoms with Crippen LogP contribution in [0.1, 0.15) is 13.3 Å². The number of esters is 1. The van der Waals surface area contributed by atoms with Crippen molar-refractivity contribution in [1.82, 2.24) is 0 Å². The Kier molecular flexibility index (Phi) is 5.09. The Morgan fingerprint density at radius 2 is 2.06 bits per heavy atom. The van der Waals surface area contributed by atoms with Gasteiger partial charge in [0.15, 0.2) is 0 Å². The Bertz CT molecular complexity index is 411. The Morgan fingerprint density at radius 3 is 2.61 bits per heavy atom. The van der Waals surface area contributed by atoms with Crippen molar-refractivity contribution in [2.75, 3.05) is 26.1 Å². The fourth-order valence-corrected chi connectivity index (χ4v) is 1.61. The lowest BCUT2D eigenvalue weighted by Crippen LogP contribution is -2.45. The van der Waals surface area contributed by atoms with E-state index in [0.29, 0.717) is 13.0 Å². The third-order valence-electron chi connectivity index (χ3n) is 2.73. The first-order chi connectivity index (χ1) is 8.53. The number of halogens is 1. The molecule has 18 heavy (non-hydrogen) atoms. The third-order valence-corrected chi connectivity index (χ3v) is 2.73. The molecule has 1 aromatic carbocycles. The van der Waals surface area contributed by atoms with Gasteiger partial charge < -0.3 is 14.8 Å². The summed E-state index contributed by atoms with van der Waals surface area (Å²) in [5.74, 6) is -0.868. The molecule has 1 unspecified atom stereocenters. The molecule has 0 aliphatic rings. The molecule has 1 aromatic rings. The molecule has 0 aliphatic carbocycles. The van der Waals surface area contributed by atoms with E-state index in [9.17, 15) is 9.18 Å². The Labute approximate surface area is 106 Å². The van der Waals surface area contributed by atoms with Crippen LogP contribution in [0.2, 0.25) is 0 Å². The van der Waals surface area contributed by atoms with E-state index in [4.69, 9.17) is 9.47 Å². The summed E-state index contributed by atoms with van der Waals surface area (Å²) in [5, 5.41) is 2.88. The summed E-state index contributed by atoms with van der Waals surface area (Å²) < 4.78 is 23.3. The van der Waals surface area contributed by atoms with Gasteiger partial charge in [0.05, 0.1) is 12.8 Å². The van der Waals surface area contributed by atoms with Crippen LogP contribution in [0.25, 0.3) is 0 Å². The van der Waals surface area contributed by atoms with E-state index in [1.54, 1.807) is 32.2 Å². The predicted octanol–water partition coefficient (Wildman–Crippen LogP) is 2.21. The number of para-hydroxylation sites is 1. The van der Waals surface area contributed by atoms with Crippen LogP contribution in [0.3, 0.4) is 0 Å². The lowest BCUT2D eigenvalue weighted by Gasteiger charge is -2.28. The molecule has 0 amide bonds. The maximum atomic E-state index is 13.6. The summed E-state index contributed by atoms with van der Waals surface area (Å²) in [7, 11) is 2.84. The van der Waals surface area contributed by atoms with Crippen molar-refractivity contribution in [1.29, 1.82) is 0 Å². The highest BCUT2D eigenvalue weighted by Gasteiger charge is 2.34. The highest BCUT2D eigenvalue weighted by Crippen LogP contribution is 2.22. The minimum Gasteiger partial charge on any atom is -0.467 e. The molecule has 0 heterocycles. The monoisotopic (exact) mass is 255 g/mol. The highest BCUT2D eigenvalue weighted by molar-refractivity contribution is 5.84. The van der Waals surface area contributed by atoms with E-state index >= 15 is 0 Å². The van der Waals surface area contributed by atoms with Gasteiger partial charge in [0, 0.05) is 20.1 Å². The molecule has 5 heteroatoms. The summed E-state index contributed by atoms with van der Waals surface area (Å²) in [4.78, 5) is 11.8. The van der Waals surface area contributed by atoms with Crippen molar-refractivity contribution in [2.45, 2.75) is 18.9 Å². The van der Waals surface area contributed by atoms with E-state index in [2.05, 4.69) is 5.32 Å². The van der Waals surface area contributed by atoms with Crippen LogP contribution < -0.4 is 5.32 Å². The number of nitrogens with one attached hydrogen (secondary N) is 1. The number of hydrogen-bond donors (Lipinski definition) is 1. The van der Waals surface area contributed by atoms with Gasteiger partial charge in [-0.15, -0.1) is 0 Å². The van der Waals surface area contributed by atoms with Crippen LogP contribution in [0.15, 0.2) is 24.3 Å². The molecule has 0 saturated carbocycles. The van der Waals surface area contributed by atoms with E-state index < -0.39 is 17.3 Å². The first-order valence-electron chi connectivity index (χ1n) is 5.63. The van der Waals surface area contributed by atoms with Crippen LogP contribution in [-0.2, 0) is 14.3 Å². The number of anilines is 1. The molecular weight excluding hydrogens is 237 g/mol. The maximum Gasteiger partial charge on any atom is 0.331 e. The van der Waals surface area contributed by atoms with E-state index in [1.807, 2.05) is 0 Å². The number of hydrogen-bond acceptors (Lipinski definition) is 4. The van der Waals surface area contributed by atoms with Gasteiger partial charge in [-0.2, -0.15) is 0 Å². The van der Waals surface area contributed by atoms with Crippen molar-refractivity contribution in [2.24, 2.45) is 0 Å². The average Bonchev–Trinajstić information content (AvgIpc) is 2.38. The van der Waals surface area contributed by atoms with Crippen LogP contribution >= 0.6 is 0 Å². The minimum absolute atomic E-state index is 0.265. The number of carbonyl (C=O) groups excluding carboxylic acids is 1. The molecule has 100 valence electrons. The smallest absolute Gasteiger partial charge is 0.331 e. The Morgan fingerprint density at radius 1 is 1.39 bits per heavy atom. The van der Waals surface area contributed by atoms with Crippen LogP contribution in [0.4, 0.5) is 10.1 Å². The van der Waals surface area contributed by atoms with Gasteiger partial charge >= 0.3 is 5.97 Å². The molecule has 0 radical (unpaired) electrons. The van der Waals surface area contributed by atoms with Crippen molar-refractivity contribution >= 4 is 11.7 Å². The van der Waals surface area contributed by atoms with Gasteiger partial charge in [-0.25, -0.2) is 9.18 Å². The number of rotatable bonds is 6. The molecule has 1 atom stereocenters. The topological polar surface area (TPSA) is 47.6 Å². The van der Waals surface area contributed by atoms with Gasteiger partial charge in [-0.3, -0.25) is 0 Å². The Balaban J connectivity index is 2.91. The minimum atomic E-state index is -1.02. The molecule has 0 spiro atoms. The quantitative estimate of drug-likeness (QED) is 0.792. The summed E-state index contributed by atoms with van der Waals surface area (Å²) in [6, 6.07) is 6.18. The largest absolute Gasteiger partial charge is 0.467 e. The number of carbonyl (C=O) groups is 1. The molecule has 0 saturated heterocycles. The molecule has 0 aromatic heterocycles. The lowest BCUT2D eigenvalue weighted by molar-refractivity contribution is -0.146. The fourth-order valence-electron chi connectivity index (χ4n) is 1.61. The van der Waals surface area contributed by atoms with E-state index in [1.165, 1.54) is 13.2 Å². The highest BCUT2D eigenvalue weighted by atomic mass is 19.1. The van der Waals surface area contributed by atoms with Gasteiger partial charge in [0.2, 0.25) is 0 Å². The molecule has 1 rings (SSSR count). The fraction of sp³-hybridized carbons (Fsp3) is 0.462. The van der Waals surface area contributed by atoms with Crippen LogP contribution in [0.5, 0.6) is 0 Å². The molecule has 1 N–H and O–H groups in total. The first-order valence-corrected chi connectivity index (χ1v) is 5.63. The molecule has 0 fully saturated rings. The zero-order valence-corrected chi connectivity index (χ0v) is 10.8. The SMILES string of the molecule is COCCC(C)(Nc1ccccc1F)C(=O)OC. The third kappa shape index (κ3) is 3.43. The summed E-state index contributed by atoms with van der Waals surface area (Å²) in [6.45, 7) is 2.03. The average molecular weight is 255 g/mol. The van der Waals surface area contributed by atoms with E-state index in [0.717, 1.165) is 0 Å². The number of methoxy groups -OCH3 is 2. The van der Waals surface area contributed by atoms with Crippen molar-refractivity contribution in [3.8, 4) is 0 Å². The number of benzene rings is 1. The lowest BCUT2D eigenvalue weighted by atomic mass is 9.97. The number of ether oxygens (including phenoxy) is 2. The summed E-state index contributed by atoms with van der Waals surface area (Å²) in [5.41, 5.74) is -0.756. The molecule has 0 bridgehead atoms. The van der Waals surface area contributed by atoms with Crippen molar-refractivity contribution in [3.05, 3.63) is 30.1 Å². The van der Waals surface area contributed by atoms with E-state index in [-0.39, 0.29) is 5.69 Å². The maximum absolute atomic E-state index is 13.6. The second kappa shape index (κ2) is 6.35. The van der Waals surface area contributed by atoms with Crippen LogP contribution in [-0.4, -0.2) is 32.3 Å². The zero-order chi connectivity index (χ0) is 13.6. The van der Waals surface area contributed by atoms with Gasteiger partial charge in [-0.1, -0.05) is 12.1 Å². The molecule has 0 aliphatic heterocycles. The summed E-state index contributed by atoms with van der Waals surface area (Å²) in [6.07, 6.45) is 0.379. The van der Waals surface area contributed by atoms with Gasteiger partial charge in [-0.05, 0) is 19.1 Å². The zero-order valence-electron chi connectivity index (χ0n) is 10.8. The molecular formula is C13H18FNO3. The molecule has 4 nitrogen and oxygen atoms in total. The Hall–Kier alpha value is -1.62. The second-order valence-electron chi connectivity index (χ2n) is 4.17. The van der Waals surface area contributed by atoms with Crippen molar-refractivity contribution < 1.29 is 18.7 Å². The standard InChI is InChI=1S/C13H18FNO3/c1-13(8-9-17-2,12(16)18-3)15-11-7-5-4-6-10(11)14/h4-7,15H,8-9H2,1-3H3. The normalized spacial score (nSPS) is 13.8. The second-order valence-corrected chi connectivity index (χ2v) is 4.17. The van der Waals surface area contributed by atoms with Crippen LogP contribution in [0, 0.1) is 5.82 Å². The predicted molar refractivity (Wildman–Crippen MR) is 66.9 cm³/mol. The summed E-state index contributed by atoms with van der Waals surface area (Å²) >= 11 is 0. The van der Waals surface area contributed by atoms with Crippen molar-refractivity contribution in [3.63, 3.8) is 0 Å².